The molecule has 154 valence electrons. The highest BCUT2D eigenvalue weighted by Crippen LogP contribution is 2.24. The standard InChI is InChI=1S/C23H21ClN2O4/c1-14-12-18(22(28)25-20-10-6-7-11-21(20)30-16(3)27)23(29)26(15(14)2)13-17-8-4-5-9-19(17)24/h4-12H,13H2,1-3H3,(H,25,28). The molecule has 1 N–H and O–H groups in total. The molecule has 2 aromatic carbocycles. The molecule has 0 aliphatic carbocycles. The van der Waals surface area contributed by atoms with E-state index in [4.69, 9.17) is 16.3 Å². The molecule has 3 rings (SSSR count). The molecule has 3 aromatic rings. The molecule has 0 saturated carbocycles. The lowest BCUT2D eigenvalue weighted by Crippen LogP contribution is -2.31. The lowest BCUT2D eigenvalue weighted by molar-refractivity contribution is -0.131. The summed E-state index contributed by atoms with van der Waals surface area (Å²) >= 11 is 6.25. The van der Waals surface area contributed by atoms with Gasteiger partial charge in [0.25, 0.3) is 11.5 Å². The van der Waals surface area contributed by atoms with Crippen molar-refractivity contribution in [3.63, 3.8) is 0 Å². The van der Waals surface area contributed by atoms with Crippen LogP contribution in [-0.4, -0.2) is 16.4 Å². The van der Waals surface area contributed by atoms with Crippen LogP contribution in [0, 0.1) is 13.8 Å². The number of hydrogen-bond donors (Lipinski definition) is 1. The number of aryl methyl sites for hydroxylation is 1. The SMILES string of the molecule is CC(=O)Oc1ccccc1NC(=O)c1cc(C)c(C)n(Cc2ccccc2Cl)c1=O. The molecular formula is C23H21ClN2O4. The Labute approximate surface area is 179 Å². The molecule has 0 aliphatic rings. The Bertz CT molecular complexity index is 1180. The highest BCUT2D eigenvalue weighted by atomic mass is 35.5. The normalized spacial score (nSPS) is 10.5. The first-order valence-corrected chi connectivity index (χ1v) is 9.69. The summed E-state index contributed by atoms with van der Waals surface area (Å²) in [5.41, 5.74) is 2.18. The lowest BCUT2D eigenvalue weighted by Gasteiger charge is -2.16. The number of rotatable bonds is 5. The zero-order valence-corrected chi connectivity index (χ0v) is 17.6. The first-order chi connectivity index (χ1) is 14.3. The van der Waals surface area contributed by atoms with Gasteiger partial charge in [0.15, 0.2) is 5.75 Å². The van der Waals surface area contributed by atoms with E-state index in [2.05, 4.69) is 5.32 Å². The van der Waals surface area contributed by atoms with Gasteiger partial charge in [-0.1, -0.05) is 41.9 Å². The number of para-hydroxylation sites is 2. The molecule has 30 heavy (non-hydrogen) atoms. The van der Waals surface area contributed by atoms with E-state index < -0.39 is 17.4 Å². The van der Waals surface area contributed by atoms with Crippen LogP contribution in [0.25, 0.3) is 0 Å². The smallest absolute Gasteiger partial charge is 0.308 e. The molecule has 0 bridgehead atoms. The van der Waals surface area contributed by atoms with Crippen molar-refractivity contribution in [2.24, 2.45) is 0 Å². The van der Waals surface area contributed by atoms with Gasteiger partial charge in [-0.25, -0.2) is 0 Å². The van der Waals surface area contributed by atoms with Gasteiger partial charge in [0.2, 0.25) is 0 Å². The topological polar surface area (TPSA) is 77.4 Å². The Morgan fingerprint density at radius 1 is 1.07 bits per heavy atom. The van der Waals surface area contributed by atoms with E-state index in [1.54, 1.807) is 36.4 Å². The average molecular weight is 425 g/mol. The van der Waals surface area contributed by atoms with Crippen molar-refractivity contribution in [1.29, 1.82) is 0 Å². The Balaban J connectivity index is 1.98. The summed E-state index contributed by atoms with van der Waals surface area (Å²) in [6, 6.07) is 15.3. The number of ether oxygens (including phenoxy) is 1. The fraction of sp³-hybridized carbons (Fsp3) is 0.174. The number of halogens is 1. The predicted molar refractivity (Wildman–Crippen MR) is 116 cm³/mol. The first kappa shape index (κ1) is 21.3. The van der Waals surface area contributed by atoms with Gasteiger partial charge in [-0.3, -0.25) is 14.4 Å². The van der Waals surface area contributed by atoms with Gasteiger partial charge >= 0.3 is 5.97 Å². The minimum absolute atomic E-state index is 0.0113. The lowest BCUT2D eigenvalue weighted by atomic mass is 10.1. The van der Waals surface area contributed by atoms with Crippen molar-refractivity contribution in [2.45, 2.75) is 27.3 Å². The van der Waals surface area contributed by atoms with Crippen LogP contribution in [-0.2, 0) is 11.3 Å². The van der Waals surface area contributed by atoms with Crippen molar-refractivity contribution in [1.82, 2.24) is 4.57 Å². The number of nitrogens with one attached hydrogen (secondary N) is 1. The summed E-state index contributed by atoms with van der Waals surface area (Å²) in [5.74, 6) is -0.890. The minimum atomic E-state index is -0.587. The molecule has 1 amide bonds. The van der Waals surface area contributed by atoms with E-state index in [-0.39, 0.29) is 17.9 Å². The molecule has 0 aliphatic heterocycles. The van der Waals surface area contributed by atoms with Gasteiger partial charge in [-0.15, -0.1) is 0 Å². The quantitative estimate of drug-likeness (QED) is 0.488. The number of anilines is 1. The number of hydrogen-bond acceptors (Lipinski definition) is 4. The number of aromatic nitrogens is 1. The minimum Gasteiger partial charge on any atom is -0.424 e. The van der Waals surface area contributed by atoms with Crippen LogP contribution < -0.4 is 15.6 Å². The third-order valence-corrected chi connectivity index (χ3v) is 5.10. The van der Waals surface area contributed by atoms with E-state index in [1.807, 2.05) is 32.0 Å². The van der Waals surface area contributed by atoms with Crippen molar-refractivity contribution in [2.75, 3.05) is 5.32 Å². The number of pyridine rings is 1. The molecule has 0 spiro atoms. The van der Waals surface area contributed by atoms with E-state index >= 15 is 0 Å². The van der Waals surface area contributed by atoms with E-state index in [9.17, 15) is 14.4 Å². The second-order valence-corrected chi connectivity index (χ2v) is 7.26. The highest BCUT2D eigenvalue weighted by molar-refractivity contribution is 6.31. The number of esters is 1. The maximum absolute atomic E-state index is 13.1. The molecule has 0 saturated heterocycles. The third kappa shape index (κ3) is 4.60. The van der Waals surface area contributed by atoms with Crippen LogP contribution in [0.4, 0.5) is 5.69 Å². The van der Waals surface area contributed by atoms with Crippen molar-refractivity contribution in [3.05, 3.63) is 92.4 Å². The summed E-state index contributed by atoms with van der Waals surface area (Å²) < 4.78 is 6.65. The zero-order valence-electron chi connectivity index (χ0n) is 16.9. The molecule has 0 fully saturated rings. The summed E-state index contributed by atoms with van der Waals surface area (Å²) in [6.07, 6.45) is 0. The molecule has 0 atom stereocenters. The van der Waals surface area contributed by atoms with Crippen LogP contribution in [0.3, 0.4) is 0 Å². The molecular weight excluding hydrogens is 404 g/mol. The largest absolute Gasteiger partial charge is 0.424 e. The van der Waals surface area contributed by atoms with Gasteiger partial charge in [-0.2, -0.15) is 0 Å². The fourth-order valence-corrected chi connectivity index (χ4v) is 3.24. The van der Waals surface area contributed by atoms with Gasteiger partial charge in [0, 0.05) is 17.6 Å². The Morgan fingerprint density at radius 3 is 2.43 bits per heavy atom. The second kappa shape index (κ2) is 8.97. The summed E-state index contributed by atoms with van der Waals surface area (Å²) in [5, 5.41) is 3.21. The molecule has 0 unspecified atom stereocenters. The van der Waals surface area contributed by atoms with E-state index in [0.717, 1.165) is 16.8 Å². The molecule has 1 aromatic heterocycles. The number of benzene rings is 2. The summed E-state index contributed by atoms with van der Waals surface area (Å²) in [4.78, 5) is 37.3. The van der Waals surface area contributed by atoms with Gasteiger partial charge in [0.05, 0.1) is 12.2 Å². The molecule has 0 radical (unpaired) electrons. The maximum atomic E-state index is 13.1. The molecule has 7 heteroatoms. The Kier molecular flexibility index (Phi) is 6.37. The highest BCUT2D eigenvalue weighted by Gasteiger charge is 2.18. The van der Waals surface area contributed by atoms with E-state index in [0.29, 0.717) is 10.7 Å². The van der Waals surface area contributed by atoms with Gasteiger partial charge < -0.3 is 14.6 Å². The van der Waals surface area contributed by atoms with Crippen LogP contribution in [0.15, 0.2) is 59.4 Å². The van der Waals surface area contributed by atoms with Gasteiger partial charge in [-0.05, 0) is 49.2 Å². The van der Waals surface area contributed by atoms with Crippen molar-refractivity contribution in [3.8, 4) is 5.75 Å². The number of nitrogens with zero attached hydrogens (tertiary/aromatic N) is 1. The van der Waals surface area contributed by atoms with Crippen LogP contribution in [0.1, 0.15) is 34.1 Å². The second-order valence-electron chi connectivity index (χ2n) is 6.85. The first-order valence-electron chi connectivity index (χ1n) is 9.31. The number of carbonyl (C=O) groups is 2. The number of amides is 1. The number of carbonyl (C=O) groups excluding carboxylic acids is 2. The monoisotopic (exact) mass is 424 g/mol. The Morgan fingerprint density at radius 2 is 1.73 bits per heavy atom. The summed E-state index contributed by atoms with van der Waals surface area (Å²) in [7, 11) is 0. The van der Waals surface area contributed by atoms with Crippen LogP contribution in [0.5, 0.6) is 5.75 Å². The fourth-order valence-electron chi connectivity index (χ4n) is 3.05. The van der Waals surface area contributed by atoms with Crippen molar-refractivity contribution >= 4 is 29.2 Å². The molecule has 6 nitrogen and oxygen atoms in total. The Hall–Kier alpha value is -3.38. The zero-order chi connectivity index (χ0) is 21.8. The van der Waals surface area contributed by atoms with Crippen LogP contribution in [0.2, 0.25) is 5.02 Å². The third-order valence-electron chi connectivity index (χ3n) is 4.73. The van der Waals surface area contributed by atoms with Crippen LogP contribution >= 0.6 is 11.6 Å². The van der Waals surface area contributed by atoms with Gasteiger partial charge in [0.1, 0.15) is 5.56 Å². The van der Waals surface area contributed by atoms with E-state index in [1.165, 1.54) is 11.5 Å². The molecule has 1 heterocycles. The van der Waals surface area contributed by atoms with Crippen molar-refractivity contribution < 1.29 is 14.3 Å². The summed E-state index contributed by atoms with van der Waals surface area (Å²) in [6.45, 7) is 5.18. The maximum Gasteiger partial charge on any atom is 0.308 e. The predicted octanol–water partition coefficient (Wildman–Crippen LogP) is 4.34. The average Bonchev–Trinajstić information content (AvgIpc) is 2.70.